The summed E-state index contributed by atoms with van der Waals surface area (Å²) >= 11 is 1.52. The van der Waals surface area contributed by atoms with Crippen molar-refractivity contribution in [2.24, 2.45) is 5.84 Å². The molecule has 1 atom stereocenters. The third-order valence-corrected chi connectivity index (χ3v) is 3.29. The Bertz CT molecular complexity index is 470. The fraction of sp³-hybridized carbons (Fsp3) is 0.182. The van der Waals surface area contributed by atoms with Crippen molar-refractivity contribution in [2.45, 2.75) is 13.0 Å². The molecule has 0 spiro atoms. The highest BCUT2D eigenvalue weighted by atomic mass is 32.1. The summed E-state index contributed by atoms with van der Waals surface area (Å²) in [4.78, 5) is 5.02. The molecule has 3 nitrogen and oxygen atoms in total. The Kier molecular flexibility index (Phi) is 3.28. The van der Waals surface area contributed by atoms with Gasteiger partial charge in [0.25, 0.3) is 0 Å². The van der Waals surface area contributed by atoms with Gasteiger partial charge in [-0.15, -0.1) is 11.3 Å². The molecule has 1 unspecified atom stereocenters. The largest absolute Gasteiger partial charge is 0.271 e. The van der Waals surface area contributed by atoms with Crippen LogP contribution in [0.5, 0.6) is 0 Å². The highest BCUT2D eigenvalue weighted by Gasteiger charge is 2.16. The molecule has 0 saturated heterocycles. The highest BCUT2D eigenvalue weighted by Crippen LogP contribution is 2.26. The quantitative estimate of drug-likeness (QED) is 0.635. The SMILES string of the molecule is Cc1cc(F)ccc1C(NN)c1cncs1. The van der Waals surface area contributed by atoms with Crippen LogP contribution in [0.3, 0.4) is 0 Å². The van der Waals surface area contributed by atoms with Crippen molar-refractivity contribution in [3.05, 3.63) is 51.7 Å². The molecular weight excluding hydrogens is 225 g/mol. The lowest BCUT2D eigenvalue weighted by Gasteiger charge is -2.16. The Morgan fingerprint density at radius 3 is 2.88 bits per heavy atom. The van der Waals surface area contributed by atoms with Gasteiger partial charge < -0.3 is 0 Å². The first kappa shape index (κ1) is 11.2. The predicted octanol–water partition coefficient (Wildman–Crippen LogP) is 2.14. The Labute approximate surface area is 97.1 Å². The second kappa shape index (κ2) is 4.69. The van der Waals surface area contributed by atoms with E-state index >= 15 is 0 Å². The molecule has 3 N–H and O–H groups in total. The molecular formula is C11H12FN3S. The monoisotopic (exact) mass is 237 g/mol. The second-order valence-corrected chi connectivity index (χ2v) is 4.42. The first-order valence-corrected chi connectivity index (χ1v) is 5.71. The van der Waals surface area contributed by atoms with Gasteiger partial charge in [-0.1, -0.05) is 6.07 Å². The van der Waals surface area contributed by atoms with Crippen molar-refractivity contribution < 1.29 is 4.39 Å². The maximum absolute atomic E-state index is 13.0. The van der Waals surface area contributed by atoms with Gasteiger partial charge in [-0.25, -0.2) is 9.82 Å². The van der Waals surface area contributed by atoms with Gasteiger partial charge in [0.15, 0.2) is 0 Å². The summed E-state index contributed by atoms with van der Waals surface area (Å²) in [6.45, 7) is 1.86. The van der Waals surface area contributed by atoms with Crippen LogP contribution >= 0.6 is 11.3 Å². The molecule has 0 aliphatic rings. The smallest absolute Gasteiger partial charge is 0.123 e. The zero-order valence-electron chi connectivity index (χ0n) is 8.77. The number of aromatic nitrogens is 1. The number of halogens is 1. The summed E-state index contributed by atoms with van der Waals surface area (Å²) in [5.41, 5.74) is 6.32. The molecule has 2 rings (SSSR count). The summed E-state index contributed by atoms with van der Waals surface area (Å²) in [7, 11) is 0. The number of benzene rings is 1. The van der Waals surface area contributed by atoms with E-state index in [0.717, 1.165) is 16.0 Å². The van der Waals surface area contributed by atoms with Gasteiger partial charge in [-0.2, -0.15) is 0 Å². The predicted molar refractivity (Wildman–Crippen MR) is 62.4 cm³/mol. The molecule has 84 valence electrons. The lowest BCUT2D eigenvalue weighted by molar-refractivity contribution is 0.615. The summed E-state index contributed by atoms with van der Waals surface area (Å²) in [6.07, 6.45) is 1.76. The van der Waals surface area contributed by atoms with Crippen molar-refractivity contribution in [3.8, 4) is 0 Å². The van der Waals surface area contributed by atoms with E-state index in [1.165, 1.54) is 23.5 Å². The molecule has 1 heterocycles. The highest BCUT2D eigenvalue weighted by molar-refractivity contribution is 7.09. The molecule has 0 saturated carbocycles. The van der Waals surface area contributed by atoms with Gasteiger partial charge in [0.05, 0.1) is 11.6 Å². The fourth-order valence-corrected chi connectivity index (χ4v) is 2.35. The average molecular weight is 237 g/mol. The van der Waals surface area contributed by atoms with Crippen LogP contribution in [0.1, 0.15) is 22.0 Å². The van der Waals surface area contributed by atoms with E-state index in [4.69, 9.17) is 5.84 Å². The van der Waals surface area contributed by atoms with E-state index in [2.05, 4.69) is 10.4 Å². The Balaban J connectivity index is 2.41. The van der Waals surface area contributed by atoms with E-state index in [1.54, 1.807) is 17.8 Å². The van der Waals surface area contributed by atoms with E-state index in [0.29, 0.717) is 0 Å². The van der Waals surface area contributed by atoms with Crippen LogP contribution in [-0.4, -0.2) is 4.98 Å². The van der Waals surface area contributed by atoms with E-state index in [-0.39, 0.29) is 11.9 Å². The zero-order chi connectivity index (χ0) is 11.5. The zero-order valence-corrected chi connectivity index (χ0v) is 9.59. The molecule has 1 aromatic carbocycles. The van der Waals surface area contributed by atoms with Crippen LogP contribution in [-0.2, 0) is 0 Å². The standard InChI is InChI=1S/C11H12FN3S/c1-7-4-8(12)2-3-9(7)11(15-13)10-5-14-6-16-10/h2-6,11,15H,13H2,1H3. The summed E-state index contributed by atoms with van der Waals surface area (Å²) < 4.78 is 13.0. The van der Waals surface area contributed by atoms with Crippen molar-refractivity contribution >= 4 is 11.3 Å². The van der Waals surface area contributed by atoms with E-state index in [9.17, 15) is 4.39 Å². The molecule has 2 aromatic rings. The normalized spacial score (nSPS) is 12.7. The molecule has 1 aromatic heterocycles. The summed E-state index contributed by atoms with van der Waals surface area (Å²) in [5.74, 6) is 5.30. The lowest BCUT2D eigenvalue weighted by atomic mass is 10.0. The van der Waals surface area contributed by atoms with Crippen LogP contribution in [0.4, 0.5) is 4.39 Å². The molecule has 0 aliphatic carbocycles. The van der Waals surface area contributed by atoms with Crippen LogP contribution < -0.4 is 11.3 Å². The van der Waals surface area contributed by atoms with Gasteiger partial charge in [-0.3, -0.25) is 10.8 Å². The third-order valence-electron chi connectivity index (χ3n) is 2.45. The van der Waals surface area contributed by atoms with Gasteiger partial charge in [0, 0.05) is 11.1 Å². The molecule has 0 radical (unpaired) electrons. The molecule has 5 heteroatoms. The first-order valence-electron chi connectivity index (χ1n) is 4.83. The lowest BCUT2D eigenvalue weighted by Crippen LogP contribution is -2.28. The number of aryl methyl sites for hydroxylation is 1. The minimum absolute atomic E-state index is 0.131. The van der Waals surface area contributed by atoms with E-state index < -0.39 is 0 Å². The molecule has 16 heavy (non-hydrogen) atoms. The second-order valence-electron chi connectivity index (χ2n) is 3.50. The van der Waals surface area contributed by atoms with Gasteiger partial charge in [0.1, 0.15) is 5.82 Å². The van der Waals surface area contributed by atoms with Crippen LogP contribution in [0, 0.1) is 12.7 Å². The average Bonchev–Trinajstić information content (AvgIpc) is 2.75. The number of thiazole rings is 1. The minimum atomic E-state index is -0.235. The number of nitrogens with zero attached hydrogens (tertiary/aromatic N) is 1. The Morgan fingerprint density at radius 1 is 1.50 bits per heavy atom. The van der Waals surface area contributed by atoms with Gasteiger partial charge in [0.2, 0.25) is 0 Å². The first-order chi connectivity index (χ1) is 7.72. The molecule has 0 aliphatic heterocycles. The maximum Gasteiger partial charge on any atom is 0.123 e. The van der Waals surface area contributed by atoms with Gasteiger partial charge in [-0.05, 0) is 30.2 Å². The van der Waals surface area contributed by atoms with Crippen LogP contribution in [0.25, 0.3) is 0 Å². The third kappa shape index (κ3) is 2.11. The molecule has 0 bridgehead atoms. The number of rotatable bonds is 3. The van der Waals surface area contributed by atoms with Crippen molar-refractivity contribution in [1.29, 1.82) is 0 Å². The number of hydrazine groups is 1. The van der Waals surface area contributed by atoms with E-state index in [1.807, 2.05) is 6.92 Å². The molecule has 0 amide bonds. The van der Waals surface area contributed by atoms with Crippen molar-refractivity contribution in [2.75, 3.05) is 0 Å². The number of nitrogens with two attached hydrogens (primary N) is 1. The maximum atomic E-state index is 13.0. The van der Waals surface area contributed by atoms with Crippen molar-refractivity contribution in [3.63, 3.8) is 0 Å². The minimum Gasteiger partial charge on any atom is -0.271 e. The number of nitrogens with one attached hydrogen (secondary N) is 1. The topological polar surface area (TPSA) is 50.9 Å². The van der Waals surface area contributed by atoms with Crippen LogP contribution in [0.2, 0.25) is 0 Å². The summed E-state index contributed by atoms with van der Waals surface area (Å²) in [6, 6.07) is 4.55. The Morgan fingerprint density at radius 2 is 2.31 bits per heavy atom. The summed E-state index contributed by atoms with van der Waals surface area (Å²) in [5, 5.41) is 0. The van der Waals surface area contributed by atoms with Gasteiger partial charge >= 0.3 is 0 Å². The van der Waals surface area contributed by atoms with Crippen LogP contribution in [0.15, 0.2) is 29.9 Å². The Hall–Kier alpha value is -1.30. The molecule has 0 fully saturated rings. The number of hydrogen-bond donors (Lipinski definition) is 2. The fourth-order valence-electron chi connectivity index (χ4n) is 1.66. The number of hydrogen-bond acceptors (Lipinski definition) is 4. The van der Waals surface area contributed by atoms with Crippen molar-refractivity contribution in [1.82, 2.24) is 10.4 Å².